The van der Waals surface area contributed by atoms with Gasteiger partial charge in [0.15, 0.2) is 5.78 Å². The molecule has 6 atom stereocenters. The molecular weight excluding hydrogens is 396 g/mol. The second kappa shape index (κ2) is 7.71. The van der Waals surface area contributed by atoms with Gasteiger partial charge in [0.05, 0.1) is 0 Å². The molecule has 2 fully saturated rings. The standard InChI is InChI=1S/C29H36O3/c1-18(30)27-24(20-8-6-5-7-9-20)17-26-23-11-10-21-16-22(32-19(2)31)12-14-28(21,3)25(23)13-15-29(26,27)4/h5-10,22-23,25-26H,11-17H2,1-4H3/t22-,23-,25+,26-,28+,29+/m1/s1. The van der Waals surface area contributed by atoms with E-state index in [1.165, 1.54) is 30.1 Å². The van der Waals surface area contributed by atoms with E-state index in [-0.39, 0.29) is 28.7 Å². The number of carbonyl (C=O) groups is 2. The molecule has 0 saturated heterocycles. The van der Waals surface area contributed by atoms with Crippen LogP contribution in [0.2, 0.25) is 0 Å². The van der Waals surface area contributed by atoms with Gasteiger partial charge >= 0.3 is 5.97 Å². The smallest absolute Gasteiger partial charge is 0.302 e. The van der Waals surface area contributed by atoms with E-state index in [0.29, 0.717) is 17.8 Å². The van der Waals surface area contributed by atoms with Gasteiger partial charge in [0.2, 0.25) is 0 Å². The van der Waals surface area contributed by atoms with Crippen molar-refractivity contribution < 1.29 is 14.3 Å². The van der Waals surface area contributed by atoms with Crippen LogP contribution in [0, 0.1) is 28.6 Å². The predicted molar refractivity (Wildman–Crippen MR) is 127 cm³/mol. The number of esters is 1. The Morgan fingerprint density at radius 3 is 2.34 bits per heavy atom. The molecule has 4 aliphatic rings. The van der Waals surface area contributed by atoms with Crippen molar-refractivity contribution >= 4 is 17.3 Å². The van der Waals surface area contributed by atoms with E-state index < -0.39 is 0 Å². The maximum Gasteiger partial charge on any atom is 0.302 e. The first-order chi connectivity index (χ1) is 15.2. The topological polar surface area (TPSA) is 43.4 Å². The van der Waals surface area contributed by atoms with Crippen LogP contribution in [0.3, 0.4) is 0 Å². The SMILES string of the molecule is CC(=O)O[C@@H]1CC[C@@]2(C)C(=CC[C@H]3[C@H]4CC(c5ccccc5)=C(C(C)=O)[C@@]4(C)CC[C@@H]32)C1. The zero-order valence-electron chi connectivity index (χ0n) is 19.9. The molecule has 1 aromatic rings. The average molecular weight is 433 g/mol. The summed E-state index contributed by atoms with van der Waals surface area (Å²) < 4.78 is 5.59. The van der Waals surface area contributed by atoms with Crippen LogP contribution in [-0.2, 0) is 14.3 Å². The molecule has 4 aliphatic carbocycles. The van der Waals surface area contributed by atoms with Crippen LogP contribution in [0.25, 0.3) is 5.57 Å². The first-order valence-corrected chi connectivity index (χ1v) is 12.4. The van der Waals surface area contributed by atoms with Gasteiger partial charge in [-0.05, 0) is 85.2 Å². The summed E-state index contributed by atoms with van der Waals surface area (Å²) in [6.07, 6.45) is 9.87. The minimum Gasteiger partial charge on any atom is -0.462 e. The summed E-state index contributed by atoms with van der Waals surface area (Å²) in [5.74, 6) is 1.89. The van der Waals surface area contributed by atoms with Crippen LogP contribution in [-0.4, -0.2) is 17.9 Å². The van der Waals surface area contributed by atoms with Gasteiger partial charge in [-0.1, -0.05) is 55.8 Å². The van der Waals surface area contributed by atoms with Crippen LogP contribution in [0.5, 0.6) is 0 Å². The lowest BCUT2D eigenvalue weighted by Gasteiger charge is -2.57. The predicted octanol–water partition coefficient (Wildman–Crippen LogP) is 6.53. The number of benzene rings is 1. The van der Waals surface area contributed by atoms with E-state index in [0.717, 1.165) is 44.1 Å². The van der Waals surface area contributed by atoms with Crippen LogP contribution in [0.15, 0.2) is 47.6 Å². The summed E-state index contributed by atoms with van der Waals surface area (Å²) in [5, 5.41) is 0. The van der Waals surface area contributed by atoms with E-state index in [4.69, 9.17) is 4.74 Å². The first-order valence-electron chi connectivity index (χ1n) is 12.4. The second-order valence-corrected chi connectivity index (χ2v) is 11.2. The minimum absolute atomic E-state index is 0.0190. The maximum atomic E-state index is 13.0. The molecule has 32 heavy (non-hydrogen) atoms. The van der Waals surface area contributed by atoms with E-state index in [1.807, 2.05) is 0 Å². The fraction of sp³-hybridized carbons (Fsp3) is 0.586. The lowest BCUT2D eigenvalue weighted by Crippen LogP contribution is -2.50. The highest BCUT2D eigenvalue weighted by Gasteiger charge is 2.58. The van der Waals surface area contributed by atoms with Gasteiger partial charge in [0, 0.05) is 18.9 Å². The van der Waals surface area contributed by atoms with Crippen molar-refractivity contribution in [3.05, 3.63) is 53.1 Å². The number of ketones is 1. The van der Waals surface area contributed by atoms with Crippen LogP contribution < -0.4 is 0 Å². The Hall–Kier alpha value is -2.16. The molecule has 1 aromatic carbocycles. The van der Waals surface area contributed by atoms with Crippen molar-refractivity contribution in [1.82, 2.24) is 0 Å². The van der Waals surface area contributed by atoms with E-state index in [9.17, 15) is 9.59 Å². The van der Waals surface area contributed by atoms with Gasteiger partial charge in [-0.25, -0.2) is 0 Å². The highest BCUT2D eigenvalue weighted by molar-refractivity contribution is 6.03. The molecule has 0 unspecified atom stereocenters. The van der Waals surface area contributed by atoms with Crippen molar-refractivity contribution in [2.45, 2.75) is 78.7 Å². The average Bonchev–Trinajstić information content (AvgIpc) is 3.08. The first kappa shape index (κ1) is 21.7. The third-order valence-corrected chi connectivity index (χ3v) is 9.55. The minimum atomic E-state index is -0.163. The number of fused-ring (bicyclic) bond motifs is 5. The number of allylic oxidation sites excluding steroid dienone is 3. The normalized spacial score (nSPS) is 38.3. The lowest BCUT2D eigenvalue weighted by molar-refractivity contribution is -0.148. The molecule has 5 rings (SSSR count). The molecule has 170 valence electrons. The number of hydrogen-bond acceptors (Lipinski definition) is 3. The fourth-order valence-corrected chi connectivity index (χ4v) is 8.15. The lowest BCUT2D eigenvalue weighted by atomic mass is 9.47. The molecule has 0 aromatic heterocycles. The Morgan fingerprint density at radius 1 is 0.938 bits per heavy atom. The Balaban J connectivity index is 1.48. The van der Waals surface area contributed by atoms with Gasteiger partial charge in [-0.2, -0.15) is 0 Å². The van der Waals surface area contributed by atoms with Crippen LogP contribution in [0.4, 0.5) is 0 Å². The molecule has 0 aliphatic heterocycles. The molecule has 0 heterocycles. The van der Waals surface area contributed by atoms with Crippen LogP contribution >= 0.6 is 0 Å². The van der Waals surface area contributed by atoms with E-state index in [1.54, 1.807) is 6.92 Å². The van der Waals surface area contributed by atoms with Crippen molar-refractivity contribution in [1.29, 1.82) is 0 Å². The molecule has 3 nitrogen and oxygen atoms in total. The summed E-state index contributed by atoms with van der Waals surface area (Å²) in [5.41, 5.74) is 5.32. The molecule has 2 saturated carbocycles. The van der Waals surface area contributed by atoms with Crippen LogP contribution in [0.1, 0.15) is 78.2 Å². The largest absolute Gasteiger partial charge is 0.462 e. The monoisotopic (exact) mass is 432 g/mol. The summed E-state index contributed by atoms with van der Waals surface area (Å²) in [7, 11) is 0. The molecular formula is C29H36O3. The maximum absolute atomic E-state index is 13.0. The van der Waals surface area contributed by atoms with Crippen molar-refractivity contribution in [2.24, 2.45) is 28.6 Å². The molecule has 0 N–H and O–H groups in total. The molecule has 0 radical (unpaired) electrons. The third-order valence-electron chi connectivity index (χ3n) is 9.55. The number of ether oxygens (including phenoxy) is 1. The van der Waals surface area contributed by atoms with Crippen molar-refractivity contribution in [3.8, 4) is 0 Å². The molecule has 0 bridgehead atoms. The van der Waals surface area contributed by atoms with Gasteiger partial charge < -0.3 is 4.74 Å². The van der Waals surface area contributed by atoms with Gasteiger partial charge in [-0.15, -0.1) is 0 Å². The molecule has 0 spiro atoms. The van der Waals surface area contributed by atoms with Gasteiger partial charge in [0.1, 0.15) is 6.10 Å². The van der Waals surface area contributed by atoms with Crippen molar-refractivity contribution in [3.63, 3.8) is 0 Å². The third kappa shape index (κ3) is 3.23. The van der Waals surface area contributed by atoms with E-state index >= 15 is 0 Å². The molecule has 0 amide bonds. The Labute approximate surface area is 192 Å². The number of carbonyl (C=O) groups excluding carboxylic acids is 2. The quantitative estimate of drug-likeness (QED) is 0.403. The van der Waals surface area contributed by atoms with Gasteiger partial charge in [0.25, 0.3) is 0 Å². The zero-order chi connectivity index (χ0) is 22.7. The Bertz CT molecular complexity index is 1000. The Morgan fingerprint density at radius 2 is 1.66 bits per heavy atom. The highest BCUT2D eigenvalue weighted by Crippen LogP contribution is 2.67. The second-order valence-electron chi connectivity index (χ2n) is 11.2. The number of Topliss-reactive ketones (excluding diaryl/α,β-unsaturated/α-hetero) is 1. The number of rotatable bonds is 3. The summed E-state index contributed by atoms with van der Waals surface area (Å²) in [4.78, 5) is 24.5. The number of hydrogen-bond donors (Lipinski definition) is 0. The van der Waals surface area contributed by atoms with Gasteiger partial charge in [-0.3, -0.25) is 9.59 Å². The zero-order valence-corrected chi connectivity index (χ0v) is 19.9. The summed E-state index contributed by atoms with van der Waals surface area (Å²) in [6, 6.07) is 10.6. The molecule has 3 heteroatoms. The van der Waals surface area contributed by atoms with E-state index in [2.05, 4.69) is 50.3 Å². The van der Waals surface area contributed by atoms with Crippen molar-refractivity contribution in [2.75, 3.05) is 0 Å². The summed E-state index contributed by atoms with van der Waals surface area (Å²) >= 11 is 0. The highest BCUT2D eigenvalue weighted by atomic mass is 16.5. The fourth-order valence-electron chi connectivity index (χ4n) is 8.15. The Kier molecular flexibility index (Phi) is 5.22. The summed E-state index contributed by atoms with van der Waals surface area (Å²) in [6.45, 7) is 8.13.